The molecule has 0 saturated carbocycles. The van der Waals surface area contributed by atoms with Crippen molar-refractivity contribution in [2.24, 2.45) is 0 Å². The molecule has 5 heteroatoms. The van der Waals surface area contributed by atoms with E-state index in [4.69, 9.17) is 5.73 Å². The van der Waals surface area contributed by atoms with Gasteiger partial charge in [-0.15, -0.1) is 0 Å². The fourth-order valence-corrected chi connectivity index (χ4v) is 3.45. The molecular formula is C9H12N2O2S. The highest BCUT2D eigenvalue weighted by molar-refractivity contribution is 7.91. The van der Waals surface area contributed by atoms with Crippen LogP contribution in [-0.4, -0.2) is 24.9 Å². The number of hydrogen-bond acceptors (Lipinski definition) is 4. The molecule has 14 heavy (non-hydrogen) atoms. The van der Waals surface area contributed by atoms with Crippen LogP contribution in [0.3, 0.4) is 0 Å². The van der Waals surface area contributed by atoms with Gasteiger partial charge in [0.15, 0.2) is 9.84 Å². The van der Waals surface area contributed by atoms with Crippen molar-refractivity contribution in [3.05, 3.63) is 24.0 Å². The number of anilines is 1. The zero-order valence-electron chi connectivity index (χ0n) is 7.68. The van der Waals surface area contributed by atoms with Crippen LogP contribution in [0, 0.1) is 0 Å². The third kappa shape index (κ3) is 1.87. The van der Waals surface area contributed by atoms with Crippen LogP contribution < -0.4 is 5.73 Å². The van der Waals surface area contributed by atoms with E-state index in [1.165, 1.54) is 0 Å². The molecule has 1 aromatic rings. The number of hydrogen-bond donors (Lipinski definition) is 1. The van der Waals surface area contributed by atoms with Crippen LogP contribution >= 0.6 is 0 Å². The Bertz CT molecular complexity index is 425. The van der Waals surface area contributed by atoms with Crippen LogP contribution in [0.2, 0.25) is 0 Å². The van der Waals surface area contributed by atoms with Gasteiger partial charge in [-0.2, -0.15) is 0 Å². The van der Waals surface area contributed by atoms with Crippen LogP contribution in [0.25, 0.3) is 0 Å². The Morgan fingerprint density at radius 3 is 2.71 bits per heavy atom. The number of nitrogen functional groups attached to an aromatic ring is 1. The van der Waals surface area contributed by atoms with Crippen LogP contribution in [0.4, 0.5) is 5.69 Å². The molecule has 0 bridgehead atoms. The van der Waals surface area contributed by atoms with Crippen molar-refractivity contribution in [1.82, 2.24) is 4.98 Å². The molecule has 1 aliphatic rings. The monoisotopic (exact) mass is 212 g/mol. The summed E-state index contributed by atoms with van der Waals surface area (Å²) in [4.78, 5) is 4.14. The lowest BCUT2D eigenvalue weighted by Crippen LogP contribution is -2.05. The van der Waals surface area contributed by atoms with E-state index in [9.17, 15) is 8.42 Å². The molecule has 2 heterocycles. The van der Waals surface area contributed by atoms with Crippen LogP contribution in [0.1, 0.15) is 18.0 Å². The number of nitrogens with zero attached hydrogens (tertiary/aromatic N) is 1. The van der Waals surface area contributed by atoms with Crippen LogP contribution in [0.5, 0.6) is 0 Å². The second kappa shape index (κ2) is 3.24. The van der Waals surface area contributed by atoms with Crippen molar-refractivity contribution in [1.29, 1.82) is 0 Å². The van der Waals surface area contributed by atoms with Crippen molar-refractivity contribution >= 4 is 15.5 Å². The molecule has 0 spiro atoms. The number of nitrogens with two attached hydrogens (primary N) is 1. The first-order chi connectivity index (χ1) is 6.57. The minimum absolute atomic E-state index is 0.0561. The van der Waals surface area contributed by atoms with Gasteiger partial charge in [-0.25, -0.2) is 8.42 Å². The van der Waals surface area contributed by atoms with Gasteiger partial charge in [-0.05, 0) is 18.6 Å². The van der Waals surface area contributed by atoms with E-state index in [0.29, 0.717) is 12.1 Å². The Morgan fingerprint density at radius 1 is 1.43 bits per heavy atom. The average molecular weight is 212 g/mol. The summed E-state index contributed by atoms with van der Waals surface area (Å²) in [7, 11) is -2.82. The SMILES string of the molecule is Nc1ccc(C2CCS(=O)(=O)C2)nc1. The quantitative estimate of drug-likeness (QED) is 0.738. The molecule has 1 aliphatic heterocycles. The molecule has 2 N–H and O–H groups in total. The summed E-state index contributed by atoms with van der Waals surface area (Å²) in [6.07, 6.45) is 2.25. The summed E-state index contributed by atoms with van der Waals surface area (Å²) in [6, 6.07) is 3.56. The second-order valence-electron chi connectivity index (χ2n) is 3.62. The molecule has 1 saturated heterocycles. The maximum atomic E-state index is 11.2. The number of pyridine rings is 1. The lowest BCUT2D eigenvalue weighted by atomic mass is 10.0. The standard InChI is InChI=1S/C9H12N2O2S/c10-8-1-2-9(11-5-8)7-3-4-14(12,13)6-7/h1-2,5,7H,3-4,6,10H2. The Labute approximate surface area is 83.1 Å². The highest BCUT2D eigenvalue weighted by Crippen LogP contribution is 2.27. The fraction of sp³-hybridized carbons (Fsp3) is 0.444. The molecule has 0 aromatic carbocycles. The highest BCUT2D eigenvalue weighted by Gasteiger charge is 2.29. The predicted molar refractivity (Wildman–Crippen MR) is 54.7 cm³/mol. The van der Waals surface area contributed by atoms with Crippen LogP contribution in [0.15, 0.2) is 18.3 Å². The molecule has 1 atom stereocenters. The summed E-state index contributed by atoms with van der Waals surface area (Å²) in [5.41, 5.74) is 6.94. The minimum Gasteiger partial charge on any atom is -0.397 e. The number of sulfone groups is 1. The van der Waals surface area contributed by atoms with E-state index < -0.39 is 9.84 Å². The summed E-state index contributed by atoms with van der Waals surface area (Å²) in [5.74, 6) is 0.564. The van der Waals surface area contributed by atoms with E-state index >= 15 is 0 Å². The first kappa shape index (κ1) is 9.45. The van der Waals surface area contributed by atoms with E-state index in [1.807, 2.05) is 0 Å². The first-order valence-corrected chi connectivity index (χ1v) is 6.31. The summed E-state index contributed by atoms with van der Waals surface area (Å²) in [5, 5.41) is 0. The molecular weight excluding hydrogens is 200 g/mol. The highest BCUT2D eigenvalue weighted by atomic mass is 32.2. The van der Waals surface area contributed by atoms with Crippen molar-refractivity contribution in [2.45, 2.75) is 12.3 Å². The minimum atomic E-state index is -2.82. The maximum absolute atomic E-state index is 11.2. The Morgan fingerprint density at radius 2 is 2.21 bits per heavy atom. The molecule has 1 aromatic heterocycles. The van der Waals surface area contributed by atoms with Crippen molar-refractivity contribution < 1.29 is 8.42 Å². The summed E-state index contributed by atoms with van der Waals surface area (Å²) >= 11 is 0. The fourth-order valence-electron chi connectivity index (χ4n) is 1.69. The van der Waals surface area contributed by atoms with Gasteiger partial charge in [0, 0.05) is 11.6 Å². The van der Waals surface area contributed by atoms with Crippen molar-refractivity contribution in [3.8, 4) is 0 Å². The molecule has 0 radical (unpaired) electrons. The molecule has 0 aliphatic carbocycles. The topological polar surface area (TPSA) is 73.1 Å². The van der Waals surface area contributed by atoms with Gasteiger partial charge in [0.25, 0.3) is 0 Å². The van der Waals surface area contributed by atoms with Gasteiger partial charge >= 0.3 is 0 Å². The van der Waals surface area contributed by atoms with Gasteiger partial charge < -0.3 is 5.73 Å². The Balaban J connectivity index is 2.22. The number of aromatic nitrogens is 1. The van der Waals surface area contributed by atoms with E-state index in [0.717, 1.165) is 5.69 Å². The van der Waals surface area contributed by atoms with Gasteiger partial charge in [0.2, 0.25) is 0 Å². The first-order valence-electron chi connectivity index (χ1n) is 4.49. The van der Waals surface area contributed by atoms with Gasteiger partial charge in [0.05, 0.1) is 23.4 Å². The number of rotatable bonds is 1. The summed E-state index contributed by atoms with van der Waals surface area (Å²) in [6.45, 7) is 0. The van der Waals surface area contributed by atoms with Crippen LogP contribution in [-0.2, 0) is 9.84 Å². The van der Waals surface area contributed by atoms with Crippen molar-refractivity contribution in [2.75, 3.05) is 17.2 Å². The molecule has 1 fully saturated rings. The summed E-state index contributed by atoms with van der Waals surface area (Å²) < 4.78 is 22.5. The third-order valence-electron chi connectivity index (χ3n) is 2.46. The Kier molecular flexibility index (Phi) is 2.19. The molecule has 1 unspecified atom stereocenters. The molecule has 0 amide bonds. The normalized spacial score (nSPS) is 25.0. The Hall–Kier alpha value is -1.10. The van der Waals surface area contributed by atoms with Gasteiger partial charge in [0.1, 0.15) is 0 Å². The lowest BCUT2D eigenvalue weighted by Gasteiger charge is -2.06. The zero-order valence-corrected chi connectivity index (χ0v) is 8.50. The van der Waals surface area contributed by atoms with E-state index in [1.54, 1.807) is 18.3 Å². The average Bonchev–Trinajstić information content (AvgIpc) is 2.47. The zero-order chi connectivity index (χ0) is 10.2. The molecule has 2 rings (SSSR count). The second-order valence-corrected chi connectivity index (χ2v) is 5.85. The lowest BCUT2D eigenvalue weighted by molar-refractivity contribution is 0.601. The molecule has 4 nitrogen and oxygen atoms in total. The van der Waals surface area contributed by atoms with Crippen molar-refractivity contribution in [3.63, 3.8) is 0 Å². The van der Waals surface area contributed by atoms with Gasteiger partial charge in [-0.3, -0.25) is 4.98 Å². The largest absolute Gasteiger partial charge is 0.397 e. The smallest absolute Gasteiger partial charge is 0.151 e. The van der Waals surface area contributed by atoms with Gasteiger partial charge in [-0.1, -0.05) is 0 Å². The predicted octanol–water partition coefficient (Wildman–Crippen LogP) is 0.566. The van der Waals surface area contributed by atoms with E-state index in [-0.39, 0.29) is 17.4 Å². The van der Waals surface area contributed by atoms with E-state index in [2.05, 4.69) is 4.98 Å². The maximum Gasteiger partial charge on any atom is 0.151 e. The molecule has 76 valence electrons. The third-order valence-corrected chi connectivity index (χ3v) is 4.23.